The number of fused-ring (bicyclic) bond motifs is 1. The van der Waals surface area contributed by atoms with Crippen LogP contribution in [0.25, 0.3) is 6.08 Å². The highest BCUT2D eigenvalue weighted by molar-refractivity contribution is 6.04. The van der Waals surface area contributed by atoms with Crippen molar-refractivity contribution in [3.8, 4) is 5.75 Å². The van der Waals surface area contributed by atoms with Crippen LogP contribution in [-0.2, 0) is 9.59 Å². The van der Waals surface area contributed by atoms with Gasteiger partial charge in [0.2, 0.25) is 0 Å². The van der Waals surface area contributed by atoms with Crippen molar-refractivity contribution in [2.24, 2.45) is 23.7 Å². The lowest BCUT2D eigenvalue weighted by Gasteiger charge is -2.42. The van der Waals surface area contributed by atoms with Gasteiger partial charge in [0.1, 0.15) is 11.5 Å². The van der Waals surface area contributed by atoms with Crippen molar-refractivity contribution in [1.82, 2.24) is 0 Å². The number of Topliss-reactive ketones (excluding diaryl/α,β-unsaturated/α-hetero) is 2. The molecular weight excluding hydrogens is 396 g/mol. The van der Waals surface area contributed by atoms with Crippen LogP contribution in [0.2, 0.25) is 0 Å². The highest BCUT2D eigenvalue weighted by Crippen LogP contribution is 2.54. The Morgan fingerprint density at radius 3 is 2.25 bits per heavy atom. The fourth-order valence-electron chi connectivity index (χ4n) is 6.03. The predicted octanol–water partition coefficient (Wildman–Crippen LogP) is 6.44. The van der Waals surface area contributed by atoms with Gasteiger partial charge in [-0.15, -0.1) is 0 Å². The number of benzene rings is 2. The lowest BCUT2D eigenvalue weighted by atomic mass is 9.60. The molecule has 2 aliphatic rings. The van der Waals surface area contributed by atoms with E-state index in [0.29, 0.717) is 11.8 Å². The molecule has 3 heteroatoms. The molecule has 32 heavy (non-hydrogen) atoms. The third-order valence-corrected chi connectivity index (χ3v) is 7.58. The first-order chi connectivity index (χ1) is 15.3. The van der Waals surface area contributed by atoms with E-state index in [-0.39, 0.29) is 35.2 Å². The lowest BCUT2D eigenvalue weighted by Crippen LogP contribution is -2.41. The highest BCUT2D eigenvalue weighted by Gasteiger charge is 2.52. The van der Waals surface area contributed by atoms with Crippen LogP contribution in [0.15, 0.2) is 54.1 Å². The van der Waals surface area contributed by atoms with E-state index >= 15 is 0 Å². The van der Waals surface area contributed by atoms with Gasteiger partial charge >= 0.3 is 0 Å². The molecule has 0 aliphatic heterocycles. The predicted molar refractivity (Wildman–Crippen MR) is 129 cm³/mol. The highest BCUT2D eigenvalue weighted by atomic mass is 16.5. The van der Waals surface area contributed by atoms with Crippen molar-refractivity contribution in [2.45, 2.75) is 52.4 Å². The largest absolute Gasteiger partial charge is 0.497 e. The van der Waals surface area contributed by atoms with E-state index in [1.807, 2.05) is 30.3 Å². The van der Waals surface area contributed by atoms with Crippen molar-refractivity contribution in [3.63, 3.8) is 0 Å². The quantitative estimate of drug-likeness (QED) is 0.513. The van der Waals surface area contributed by atoms with Crippen LogP contribution in [-0.4, -0.2) is 18.7 Å². The van der Waals surface area contributed by atoms with Gasteiger partial charge in [-0.1, -0.05) is 57.2 Å². The molecule has 0 aromatic heterocycles. The Morgan fingerprint density at radius 2 is 1.69 bits per heavy atom. The molecule has 2 fully saturated rings. The van der Waals surface area contributed by atoms with Gasteiger partial charge in [0.15, 0.2) is 5.78 Å². The Bertz CT molecular complexity index is 1010. The zero-order valence-corrected chi connectivity index (χ0v) is 19.8. The number of hydrogen-bond donors (Lipinski definition) is 0. The second-order valence-electron chi connectivity index (χ2n) is 9.99. The molecule has 5 atom stereocenters. The Morgan fingerprint density at radius 1 is 1.03 bits per heavy atom. The molecule has 5 unspecified atom stereocenters. The first-order valence-electron chi connectivity index (χ1n) is 11.8. The molecule has 0 spiro atoms. The summed E-state index contributed by atoms with van der Waals surface area (Å²) < 4.78 is 5.25. The van der Waals surface area contributed by atoms with Crippen molar-refractivity contribution in [2.75, 3.05) is 7.11 Å². The Kier molecular flexibility index (Phi) is 6.37. The molecule has 0 saturated heterocycles. The molecule has 4 rings (SSSR count). The van der Waals surface area contributed by atoms with Gasteiger partial charge in [-0.05, 0) is 78.0 Å². The summed E-state index contributed by atoms with van der Waals surface area (Å²) in [4.78, 5) is 26.5. The van der Waals surface area contributed by atoms with Crippen LogP contribution >= 0.6 is 0 Å². The zero-order valence-electron chi connectivity index (χ0n) is 19.8. The first kappa shape index (κ1) is 22.5. The number of methoxy groups -OCH3 is 1. The van der Waals surface area contributed by atoms with Crippen LogP contribution in [0.5, 0.6) is 5.75 Å². The number of carbonyl (C=O) groups excluding carboxylic acids is 2. The van der Waals surface area contributed by atoms with Crippen molar-refractivity contribution in [1.29, 1.82) is 0 Å². The van der Waals surface area contributed by atoms with Gasteiger partial charge in [0, 0.05) is 17.8 Å². The minimum atomic E-state index is -0.116. The Labute approximate surface area is 191 Å². The van der Waals surface area contributed by atoms with E-state index in [0.717, 1.165) is 35.3 Å². The monoisotopic (exact) mass is 430 g/mol. The number of ether oxygens (including phenoxy) is 1. The maximum atomic E-state index is 13.7. The van der Waals surface area contributed by atoms with E-state index in [1.165, 1.54) is 5.56 Å². The maximum Gasteiger partial charge on any atom is 0.162 e. The average Bonchev–Trinajstić information content (AvgIpc) is 3.07. The number of hydrogen-bond acceptors (Lipinski definition) is 3. The molecule has 0 amide bonds. The average molecular weight is 431 g/mol. The van der Waals surface area contributed by atoms with E-state index in [2.05, 4.69) is 45.0 Å². The van der Waals surface area contributed by atoms with Crippen LogP contribution in [0.4, 0.5) is 0 Å². The molecule has 168 valence electrons. The second kappa shape index (κ2) is 9.05. The van der Waals surface area contributed by atoms with Gasteiger partial charge in [-0.2, -0.15) is 0 Å². The van der Waals surface area contributed by atoms with Crippen LogP contribution in [0, 0.1) is 23.7 Å². The molecule has 3 nitrogen and oxygen atoms in total. The molecule has 0 heterocycles. The molecule has 2 aliphatic carbocycles. The summed E-state index contributed by atoms with van der Waals surface area (Å²) in [7, 11) is 1.65. The Hall–Kier alpha value is -2.68. The molecular formula is C29H34O3. The zero-order chi connectivity index (χ0) is 23.0. The van der Waals surface area contributed by atoms with Gasteiger partial charge < -0.3 is 4.74 Å². The summed E-state index contributed by atoms with van der Waals surface area (Å²) in [6.45, 7) is 8.25. The summed E-state index contributed by atoms with van der Waals surface area (Å²) in [6.07, 6.45) is 3.76. The molecule has 2 aromatic carbocycles. The summed E-state index contributed by atoms with van der Waals surface area (Å²) in [5, 5.41) is 0. The summed E-state index contributed by atoms with van der Waals surface area (Å²) >= 11 is 0. The van der Waals surface area contributed by atoms with Crippen molar-refractivity contribution >= 4 is 17.6 Å². The van der Waals surface area contributed by atoms with E-state index < -0.39 is 0 Å². The fourth-order valence-corrected chi connectivity index (χ4v) is 6.03. The van der Waals surface area contributed by atoms with Crippen LogP contribution in [0.3, 0.4) is 0 Å². The molecule has 2 aromatic rings. The summed E-state index contributed by atoms with van der Waals surface area (Å²) in [5.74, 6) is 2.00. The third-order valence-electron chi connectivity index (χ3n) is 7.58. The van der Waals surface area contributed by atoms with Gasteiger partial charge in [0.25, 0.3) is 0 Å². The van der Waals surface area contributed by atoms with Gasteiger partial charge in [-0.25, -0.2) is 0 Å². The smallest absolute Gasteiger partial charge is 0.162 e. The van der Waals surface area contributed by atoms with E-state index in [1.54, 1.807) is 14.0 Å². The number of rotatable bonds is 5. The van der Waals surface area contributed by atoms with Crippen molar-refractivity contribution in [3.05, 3.63) is 70.8 Å². The topological polar surface area (TPSA) is 43.4 Å². The number of carbonyl (C=O) groups is 2. The van der Waals surface area contributed by atoms with Crippen LogP contribution < -0.4 is 4.74 Å². The normalized spacial score (nSPS) is 28.8. The molecule has 2 saturated carbocycles. The van der Waals surface area contributed by atoms with Crippen LogP contribution in [0.1, 0.15) is 69.1 Å². The third kappa shape index (κ3) is 4.18. The summed E-state index contributed by atoms with van der Waals surface area (Å²) in [5.41, 5.74) is 4.33. The van der Waals surface area contributed by atoms with E-state index in [9.17, 15) is 9.59 Å². The molecule has 0 N–H and O–H groups in total. The minimum absolute atomic E-state index is 0.0447. The molecule has 0 radical (unpaired) electrons. The SMILES string of the molecule is COc1ccc(/C=C2/CC3CC(C)C(C(C)=O)C(c4ccc(C(C)C)cc4)C3C2=O)cc1. The standard InChI is InChI=1S/C29H34O3/c1-17(2)21-8-10-22(11-9-21)27-26(19(4)30)18(3)14-23-16-24(29(31)28(23)27)15-20-6-12-25(32-5)13-7-20/h6-13,15,17-18,23,26-28H,14,16H2,1-5H3/b24-15-. The maximum absolute atomic E-state index is 13.7. The second-order valence-corrected chi connectivity index (χ2v) is 9.99. The summed E-state index contributed by atoms with van der Waals surface area (Å²) in [6, 6.07) is 16.5. The van der Waals surface area contributed by atoms with E-state index in [4.69, 9.17) is 4.74 Å². The van der Waals surface area contributed by atoms with Crippen molar-refractivity contribution < 1.29 is 14.3 Å². The lowest BCUT2D eigenvalue weighted by molar-refractivity contribution is -0.128. The fraction of sp³-hybridized carbons (Fsp3) is 0.448. The first-order valence-corrected chi connectivity index (χ1v) is 11.8. The van der Waals surface area contributed by atoms with Gasteiger partial charge in [-0.3, -0.25) is 9.59 Å². The Balaban J connectivity index is 1.71. The minimum Gasteiger partial charge on any atom is -0.497 e. The molecule has 0 bridgehead atoms. The number of ketones is 2. The number of allylic oxidation sites excluding steroid dienone is 1. The van der Waals surface area contributed by atoms with Gasteiger partial charge in [0.05, 0.1) is 7.11 Å².